The molecule has 3 aromatic rings. The minimum Gasteiger partial charge on any atom is -0.374 e. The molecule has 0 spiro atoms. The molecule has 2 saturated heterocycles. The van der Waals surface area contributed by atoms with Crippen molar-refractivity contribution in [2.75, 3.05) is 20.3 Å². The number of H-pyrrole nitrogens is 1. The van der Waals surface area contributed by atoms with Gasteiger partial charge in [-0.15, -0.1) is 0 Å². The fraction of sp³-hybridized carbons (Fsp3) is 0.360. The van der Waals surface area contributed by atoms with E-state index in [2.05, 4.69) is 4.98 Å². The van der Waals surface area contributed by atoms with Crippen LogP contribution in [0.15, 0.2) is 82.5 Å². The monoisotopic (exact) mass is 465 g/mol. The third-order valence-electron chi connectivity index (χ3n) is 6.26. The van der Waals surface area contributed by atoms with Crippen LogP contribution in [0.3, 0.4) is 0 Å². The molecule has 9 nitrogen and oxygen atoms in total. The van der Waals surface area contributed by atoms with Crippen molar-refractivity contribution in [3.63, 3.8) is 0 Å². The van der Waals surface area contributed by atoms with Gasteiger partial charge in [0.15, 0.2) is 6.23 Å². The molecule has 34 heavy (non-hydrogen) atoms. The molecular weight excluding hydrogens is 438 g/mol. The van der Waals surface area contributed by atoms with Gasteiger partial charge in [0.25, 0.3) is 5.56 Å². The molecule has 0 aliphatic carbocycles. The maximum Gasteiger partial charge on any atom is 0.330 e. The molecule has 3 heterocycles. The Morgan fingerprint density at radius 2 is 1.68 bits per heavy atom. The topological polar surface area (TPSA) is 95.0 Å². The first kappa shape index (κ1) is 22.7. The Hall–Kier alpha value is -3.08. The molecule has 4 atom stereocenters. The lowest BCUT2D eigenvalue weighted by Gasteiger charge is -2.41. The quantitative estimate of drug-likeness (QED) is 0.543. The molecule has 2 aromatic carbocycles. The van der Waals surface area contributed by atoms with Crippen LogP contribution < -0.4 is 11.2 Å². The van der Waals surface area contributed by atoms with E-state index in [1.54, 1.807) is 12.1 Å². The van der Waals surface area contributed by atoms with Crippen LogP contribution >= 0.6 is 0 Å². The van der Waals surface area contributed by atoms with Crippen molar-refractivity contribution in [3.05, 3.63) is 105 Å². The molecule has 0 saturated carbocycles. The SMILES string of the molecule is CN1OCC2(COCc3ccccc3)OC(n3ccc(=O)[nH]c3=O)C1C2OCc1ccccc1. The van der Waals surface area contributed by atoms with Gasteiger partial charge in [0, 0.05) is 19.3 Å². The fourth-order valence-corrected chi connectivity index (χ4v) is 4.55. The van der Waals surface area contributed by atoms with Crippen molar-refractivity contribution < 1.29 is 19.0 Å². The van der Waals surface area contributed by atoms with Gasteiger partial charge >= 0.3 is 5.69 Å². The average molecular weight is 466 g/mol. The second kappa shape index (κ2) is 9.65. The smallest absolute Gasteiger partial charge is 0.330 e. The molecule has 5 rings (SSSR count). The van der Waals surface area contributed by atoms with Crippen LogP contribution in [-0.4, -0.2) is 52.6 Å². The van der Waals surface area contributed by atoms with E-state index in [0.717, 1.165) is 11.1 Å². The van der Waals surface area contributed by atoms with Crippen molar-refractivity contribution in [2.24, 2.45) is 0 Å². The van der Waals surface area contributed by atoms with Gasteiger partial charge in [0.05, 0.1) is 19.8 Å². The Kier molecular flexibility index (Phi) is 6.44. The third kappa shape index (κ3) is 4.48. The summed E-state index contributed by atoms with van der Waals surface area (Å²) in [6, 6.07) is 20.6. The summed E-state index contributed by atoms with van der Waals surface area (Å²) in [4.78, 5) is 32.5. The van der Waals surface area contributed by atoms with Crippen molar-refractivity contribution in [2.45, 2.75) is 37.2 Å². The molecule has 4 unspecified atom stereocenters. The van der Waals surface area contributed by atoms with Gasteiger partial charge in [-0.1, -0.05) is 60.7 Å². The van der Waals surface area contributed by atoms with E-state index in [-0.39, 0.29) is 13.2 Å². The second-order valence-electron chi connectivity index (χ2n) is 8.60. The summed E-state index contributed by atoms with van der Waals surface area (Å²) in [7, 11) is 1.79. The number of likely N-dealkylation sites (N-methyl/N-ethyl adjacent to an activating group) is 1. The summed E-state index contributed by atoms with van der Waals surface area (Å²) < 4.78 is 20.4. The maximum atomic E-state index is 12.6. The first-order valence-corrected chi connectivity index (χ1v) is 11.2. The summed E-state index contributed by atoms with van der Waals surface area (Å²) >= 11 is 0. The van der Waals surface area contributed by atoms with Crippen LogP contribution in [0.25, 0.3) is 0 Å². The summed E-state index contributed by atoms with van der Waals surface area (Å²) in [6.45, 7) is 1.18. The van der Waals surface area contributed by atoms with E-state index in [0.29, 0.717) is 13.2 Å². The van der Waals surface area contributed by atoms with E-state index >= 15 is 0 Å². The Morgan fingerprint density at radius 1 is 1.00 bits per heavy atom. The van der Waals surface area contributed by atoms with E-state index in [1.807, 2.05) is 60.7 Å². The Balaban J connectivity index is 1.44. The number of rotatable bonds is 8. The summed E-state index contributed by atoms with van der Waals surface area (Å²) in [5.41, 5.74) is 0.0953. The van der Waals surface area contributed by atoms with Gasteiger partial charge in [0.2, 0.25) is 0 Å². The Labute approximate surface area is 196 Å². The predicted molar refractivity (Wildman–Crippen MR) is 123 cm³/mol. The lowest BCUT2D eigenvalue weighted by Crippen LogP contribution is -2.60. The first-order chi connectivity index (χ1) is 16.6. The molecule has 1 aromatic heterocycles. The largest absolute Gasteiger partial charge is 0.374 e. The first-order valence-electron chi connectivity index (χ1n) is 11.2. The molecule has 0 amide bonds. The molecule has 9 heteroatoms. The van der Waals surface area contributed by atoms with E-state index in [9.17, 15) is 9.59 Å². The number of nitrogens with one attached hydrogen (secondary N) is 1. The van der Waals surface area contributed by atoms with Gasteiger partial charge in [0.1, 0.15) is 24.4 Å². The highest BCUT2D eigenvalue weighted by atomic mass is 16.7. The van der Waals surface area contributed by atoms with Crippen LogP contribution in [0.5, 0.6) is 0 Å². The van der Waals surface area contributed by atoms with Crippen molar-refractivity contribution >= 4 is 0 Å². The van der Waals surface area contributed by atoms with Gasteiger partial charge in [-0.2, -0.15) is 5.06 Å². The average Bonchev–Trinajstić information content (AvgIpc) is 3.08. The molecule has 1 N–H and O–H groups in total. The van der Waals surface area contributed by atoms with Crippen LogP contribution in [0.1, 0.15) is 17.4 Å². The normalized spacial score (nSPS) is 26.6. The number of aromatic amines is 1. The summed E-state index contributed by atoms with van der Waals surface area (Å²) in [5.74, 6) is 0. The van der Waals surface area contributed by atoms with Crippen LogP contribution in [0, 0.1) is 0 Å². The summed E-state index contributed by atoms with van der Waals surface area (Å²) in [6.07, 6.45) is 0.247. The number of ether oxygens (including phenoxy) is 3. The van der Waals surface area contributed by atoms with Crippen molar-refractivity contribution in [1.82, 2.24) is 14.6 Å². The van der Waals surface area contributed by atoms with E-state index in [1.165, 1.54) is 16.8 Å². The highest BCUT2D eigenvalue weighted by molar-refractivity contribution is 5.15. The van der Waals surface area contributed by atoms with Crippen LogP contribution in [-0.2, 0) is 32.3 Å². The molecule has 2 aliphatic heterocycles. The predicted octanol–water partition coefficient (Wildman–Crippen LogP) is 1.85. The van der Waals surface area contributed by atoms with Gasteiger partial charge in [-0.25, -0.2) is 4.79 Å². The van der Waals surface area contributed by atoms with Gasteiger partial charge in [-0.05, 0) is 11.1 Å². The number of nitrogens with zero attached hydrogens (tertiary/aromatic N) is 2. The second-order valence-corrected chi connectivity index (χ2v) is 8.60. The van der Waals surface area contributed by atoms with Crippen molar-refractivity contribution in [3.8, 4) is 0 Å². The number of fused-ring (bicyclic) bond motifs is 2. The molecule has 178 valence electrons. The number of hydrogen-bond acceptors (Lipinski definition) is 7. The van der Waals surface area contributed by atoms with E-state index in [4.69, 9.17) is 19.0 Å². The lowest BCUT2D eigenvalue weighted by molar-refractivity contribution is -0.269. The highest BCUT2D eigenvalue weighted by Crippen LogP contribution is 2.45. The lowest BCUT2D eigenvalue weighted by atomic mass is 9.93. The Bertz CT molecular complexity index is 1210. The van der Waals surface area contributed by atoms with Crippen LogP contribution in [0.2, 0.25) is 0 Å². The molecule has 0 radical (unpaired) electrons. The maximum absolute atomic E-state index is 12.6. The number of hydrogen-bond donors (Lipinski definition) is 1. The zero-order chi connectivity index (χ0) is 23.5. The summed E-state index contributed by atoms with van der Waals surface area (Å²) in [5, 5.41) is 1.67. The standard InChI is InChI=1S/C25H27N3O6/c1-27-21-22(32-15-19-10-6-3-7-11-19)25(17-33-27,16-31-14-18-8-4-2-5-9-18)34-23(21)28-13-12-20(29)26-24(28)30/h2-13,21-23H,14-17H2,1H3,(H,26,29,30). The molecule has 2 bridgehead atoms. The fourth-order valence-electron chi connectivity index (χ4n) is 4.55. The molecule has 2 aliphatic rings. The van der Waals surface area contributed by atoms with E-state index < -0.39 is 35.2 Å². The number of hydroxylamine groups is 2. The Morgan fingerprint density at radius 3 is 2.35 bits per heavy atom. The molecular formula is C25H27N3O6. The minimum absolute atomic E-state index is 0.197. The molecule has 2 fully saturated rings. The minimum atomic E-state index is -0.943. The van der Waals surface area contributed by atoms with Gasteiger partial charge < -0.3 is 14.2 Å². The zero-order valence-electron chi connectivity index (χ0n) is 18.8. The van der Waals surface area contributed by atoms with Crippen LogP contribution in [0.4, 0.5) is 0 Å². The number of benzene rings is 2. The third-order valence-corrected chi connectivity index (χ3v) is 6.26. The highest BCUT2D eigenvalue weighted by Gasteiger charge is 2.62. The van der Waals surface area contributed by atoms with Gasteiger partial charge in [-0.3, -0.25) is 19.2 Å². The number of aromatic nitrogens is 2. The zero-order valence-corrected chi connectivity index (χ0v) is 18.8. The van der Waals surface area contributed by atoms with Crippen molar-refractivity contribution in [1.29, 1.82) is 0 Å².